The zero-order valence-electron chi connectivity index (χ0n) is 10.2. The molecule has 1 aromatic rings. The van der Waals surface area contributed by atoms with E-state index in [1.807, 2.05) is 6.92 Å². The summed E-state index contributed by atoms with van der Waals surface area (Å²) in [7, 11) is 1.42. The van der Waals surface area contributed by atoms with Crippen molar-refractivity contribution in [2.24, 2.45) is 4.99 Å². The van der Waals surface area contributed by atoms with Gasteiger partial charge in [0.25, 0.3) is 0 Å². The fourth-order valence-electron chi connectivity index (χ4n) is 2.30. The highest BCUT2D eigenvalue weighted by molar-refractivity contribution is 9.10. The van der Waals surface area contributed by atoms with Gasteiger partial charge in [-0.15, -0.1) is 0 Å². The molecule has 1 aliphatic rings. The normalized spacial score (nSPS) is 16.7. The van der Waals surface area contributed by atoms with Crippen LogP contribution in [0, 0.1) is 12.7 Å². The number of methoxy groups -OCH3 is 1. The fourth-order valence-corrected chi connectivity index (χ4v) is 2.75. The molecule has 1 aromatic carbocycles. The molecule has 1 aliphatic carbocycles. The van der Waals surface area contributed by atoms with Crippen LogP contribution >= 0.6 is 15.9 Å². The predicted octanol–water partition coefficient (Wildman–Crippen LogP) is 3.62. The second-order valence-corrected chi connectivity index (χ2v) is 5.28. The third-order valence-corrected chi connectivity index (χ3v) is 4.47. The van der Waals surface area contributed by atoms with Gasteiger partial charge in [-0.1, -0.05) is 0 Å². The summed E-state index contributed by atoms with van der Waals surface area (Å²) in [6.07, 6.45) is 3.84. The van der Waals surface area contributed by atoms with Crippen molar-refractivity contribution in [1.29, 1.82) is 0 Å². The lowest BCUT2D eigenvalue weighted by Gasteiger charge is -2.37. The summed E-state index contributed by atoms with van der Waals surface area (Å²) in [6.45, 7) is 1.85. The van der Waals surface area contributed by atoms with Gasteiger partial charge in [0.05, 0.1) is 11.6 Å². The van der Waals surface area contributed by atoms with Crippen molar-refractivity contribution >= 4 is 22.0 Å². The number of nitrogens with zero attached hydrogens (tertiary/aromatic N) is 1. The molecule has 1 saturated carbocycles. The molecule has 1 fully saturated rings. The van der Waals surface area contributed by atoms with Crippen LogP contribution in [0.15, 0.2) is 15.5 Å². The topological polar surface area (TPSA) is 38.7 Å². The van der Waals surface area contributed by atoms with Gasteiger partial charge in [-0.3, -0.25) is 0 Å². The third-order valence-electron chi connectivity index (χ3n) is 3.49. The van der Waals surface area contributed by atoms with Crippen LogP contribution in [0.25, 0.3) is 0 Å². The van der Waals surface area contributed by atoms with Crippen molar-refractivity contribution in [3.63, 3.8) is 0 Å². The van der Waals surface area contributed by atoms with E-state index in [0.29, 0.717) is 22.9 Å². The van der Waals surface area contributed by atoms with Crippen molar-refractivity contribution in [2.75, 3.05) is 7.11 Å². The standard InChI is InChI=1S/C13H13BrFNO2/c1-8-6-9(11(15)12(18-2)10(8)14)13(16-7-17)4-3-5-13/h6H,3-5H2,1-2H3. The molecule has 0 saturated heterocycles. The molecule has 0 bridgehead atoms. The molecule has 3 nitrogen and oxygen atoms in total. The molecule has 0 heterocycles. The Hall–Kier alpha value is -1.19. The van der Waals surface area contributed by atoms with Crippen LogP contribution in [0.3, 0.4) is 0 Å². The zero-order chi connectivity index (χ0) is 13.3. The molecule has 0 atom stereocenters. The second kappa shape index (κ2) is 4.82. The van der Waals surface area contributed by atoms with Gasteiger partial charge in [0.15, 0.2) is 11.6 Å². The number of aliphatic imine (C=N–C) groups is 1. The Morgan fingerprint density at radius 2 is 2.22 bits per heavy atom. The Morgan fingerprint density at radius 1 is 1.56 bits per heavy atom. The molecule has 0 radical (unpaired) electrons. The van der Waals surface area contributed by atoms with E-state index < -0.39 is 11.4 Å². The van der Waals surface area contributed by atoms with Crippen molar-refractivity contribution in [3.05, 3.63) is 27.5 Å². The SMILES string of the molecule is COc1c(F)c(C2(N=C=O)CCC2)cc(C)c1Br. The van der Waals surface area contributed by atoms with Gasteiger partial charge in [0, 0.05) is 5.56 Å². The maximum atomic E-state index is 14.4. The molecule has 0 aromatic heterocycles. The highest BCUT2D eigenvalue weighted by Crippen LogP contribution is 2.48. The number of rotatable bonds is 3. The molecule has 0 amide bonds. The van der Waals surface area contributed by atoms with Crippen LogP contribution in [0.4, 0.5) is 4.39 Å². The maximum absolute atomic E-state index is 14.4. The third kappa shape index (κ3) is 1.88. The number of ether oxygens (including phenoxy) is 1. The van der Waals surface area contributed by atoms with Gasteiger partial charge in [-0.05, 0) is 53.7 Å². The molecule has 0 spiro atoms. The van der Waals surface area contributed by atoms with E-state index in [1.165, 1.54) is 7.11 Å². The van der Waals surface area contributed by atoms with Crippen LogP contribution < -0.4 is 4.74 Å². The first kappa shape index (κ1) is 13.2. The average molecular weight is 314 g/mol. The van der Waals surface area contributed by atoms with Crippen LogP contribution in [-0.4, -0.2) is 13.2 Å². The van der Waals surface area contributed by atoms with E-state index in [4.69, 9.17) is 4.74 Å². The van der Waals surface area contributed by atoms with E-state index in [9.17, 15) is 9.18 Å². The van der Waals surface area contributed by atoms with Crippen LogP contribution in [0.5, 0.6) is 5.75 Å². The summed E-state index contributed by atoms with van der Waals surface area (Å²) in [6, 6.07) is 1.72. The van der Waals surface area contributed by atoms with Crippen molar-refractivity contribution < 1.29 is 13.9 Å². The smallest absolute Gasteiger partial charge is 0.235 e. The monoisotopic (exact) mass is 313 g/mol. The van der Waals surface area contributed by atoms with E-state index in [2.05, 4.69) is 20.9 Å². The van der Waals surface area contributed by atoms with Gasteiger partial charge >= 0.3 is 0 Å². The number of halogens is 2. The van der Waals surface area contributed by atoms with Gasteiger partial charge in [0.1, 0.15) is 5.54 Å². The number of aryl methyl sites for hydroxylation is 1. The Bertz CT molecular complexity index is 534. The number of benzene rings is 1. The summed E-state index contributed by atoms with van der Waals surface area (Å²) in [4.78, 5) is 14.4. The lowest BCUT2D eigenvalue weighted by molar-refractivity contribution is 0.244. The van der Waals surface area contributed by atoms with Crippen LogP contribution in [0.1, 0.15) is 30.4 Å². The lowest BCUT2D eigenvalue weighted by Crippen LogP contribution is -2.33. The highest BCUT2D eigenvalue weighted by Gasteiger charge is 2.42. The van der Waals surface area contributed by atoms with Crippen molar-refractivity contribution in [2.45, 2.75) is 31.7 Å². The van der Waals surface area contributed by atoms with Gasteiger partial charge < -0.3 is 4.74 Å². The summed E-state index contributed by atoms with van der Waals surface area (Å²) < 4.78 is 20.1. The fraction of sp³-hybridized carbons (Fsp3) is 0.462. The minimum Gasteiger partial charge on any atom is -0.492 e. The Labute approximate surface area is 113 Å². The molecule has 5 heteroatoms. The first-order valence-corrected chi connectivity index (χ1v) is 6.47. The second-order valence-electron chi connectivity index (χ2n) is 4.49. The average Bonchev–Trinajstić information content (AvgIpc) is 2.30. The van der Waals surface area contributed by atoms with E-state index in [1.54, 1.807) is 12.1 Å². The molecule has 0 aliphatic heterocycles. The largest absolute Gasteiger partial charge is 0.492 e. The van der Waals surface area contributed by atoms with E-state index in [0.717, 1.165) is 12.0 Å². The van der Waals surface area contributed by atoms with Crippen LogP contribution in [0.2, 0.25) is 0 Å². The Kier molecular flexibility index (Phi) is 3.55. The quantitative estimate of drug-likeness (QED) is 0.631. The molecular weight excluding hydrogens is 301 g/mol. The Balaban J connectivity index is 2.64. The predicted molar refractivity (Wildman–Crippen MR) is 69.0 cm³/mol. The summed E-state index contributed by atoms with van der Waals surface area (Å²) in [5, 5.41) is 0. The summed E-state index contributed by atoms with van der Waals surface area (Å²) in [5.74, 6) is -0.286. The Morgan fingerprint density at radius 3 is 2.67 bits per heavy atom. The van der Waals surface area contributed by atoms with Gasteiger partial charge in [-0.2, -0.15) is 4.99 Å². The first-order chi connectivity index (χ1) is 8.55. The highest BCUT2D eigenvalue weighted by atomic mass is 79.9. The van der Waals surface area contributed by atoms with Crippen molar-refractivity contribution in [3.8, 4) is 5.75 Å². The maximum Gasteiger partial charge on any atom is 0.235 e. The molecule has 18 heavy (non-hydrogen) atoms. The minimum absolute atomic E-state index is 0.164. The van der Waals surface area contributed by atoms with E-state index >= 15 is 0 Å². The van der Waals surface area contributed by atoms with Gasteiger partial charge in [0.2, 0.25) is 6.08 Å². The summed E-state index contributed by atoms with van der Waals surface area (Å²) in [5.41, 5.74) is 0.537. The number of hydrogen-bond donors (Lipinski definition) is 0. The van der Waals surface area contributed by atoms with Gasteiger partial charge in [-0.25, -0.2) is 9.18 Å². The molecular formula is C13H13BrFNO2. The molecule has 2 rings (SSSR count). The van der Waals surface area contributed by atoms with E-state index in [-0.39, 0.29) is 5.75 Å². The first-order valence-electron chi connectivity index (χ1n) is 5.68. The minimum atomic E-state index is -0.745. The zero-order valence-corrected chi connectivity index (χ0v) is 11.8. The van der Waals surface area contributed by atoms with Crippen LogP contribution in [-0.2, 0) is 10.3 Å². The lowest BCUT2D eigenvalue weighted by atomic mass is 9.72. The summed E-state index contributed by atoms with van der Waals surface area (Å²) >= 11 is 3.30. The van der Waals surface area contributed by atoms with Crippen molar-refractivity contribution in [1.82, 2.24) is 0 Å². The molecule has 0 N–H and O–H groups in total. The number of hydrogen-bond acceptors (Lipinski definition) is 3. The molecule has 0 unspecified atom stereocenters. The number of isocyanates is 1. The number of carbonyl (C=O) groups excluding carboxylic acids is 1. The molecule has 96 valence electrons.